The van der Waals surface area contributed by atoms with E-state index in [0.29, 0.717) is 11.9 Å². The lowest BCUT2D eigenvalue weighted by molar-refractivity contribution is -0.132. The number of nitrogens with zero attached hydrogens (tertiary/aromatic N) is 2. The largest absolute Gasteiger partial charge is 0.344 e. The summed E-state index contributed by atoms with van der Waals surface area (Å²) in [6.07, 6.45) is 1.000. The van der Waals surface area contributed by atoms with Crippen molar-refractivity contribution in [3.8, 4) is 0 Å². The topological polar surface area (TPSA) is 35.6 Å². The summed E-state index contributed by atoms with van der Waals surface area (Å²) in [4.78, 5) is 16.0. The number of amides is 1. The lowest BCUT2D eigenvalue weighted by Crippen LogP contribution is -2.55. The molecule has 1 unspecified atom stereocenters. The first-order valence-electron chi connectivity index (χ1n) is 5.41. The molecule has 2 atom stereocenters. The highest BCUT2D eigenvalue weighted by Crippen LogP contribution is 2.18. The zero-order chi connectivity index (χ0) is 10.1. The van der Waals surface area contributed by atoms with Crippen molar-refractivity contribution in [1.82, 2.24) is 15.1 Å². The molecule has 2 aliphatic heterocycles. The second-order valence-electron chi connectivity index (χ2n) is 4.36. The van der Waals surface area contributed by atoms with Crippen molar-refractivity contribution in [2.24, 2.45) is 0 Å². The van der Waals surface area contributed by atoms with Crippen LogP contribution in [0.15, 0.2) is 0 Å². The minimum absolute atomic E-state index is 0.150. The van der Waals surface area contributed by atoms with E-state index in [0.717, 1.165) is 32.6 Å². The van der Waals surface area contributed by atoms with Gasteiger partial charge in [0.05, 0.1) is 6.04 Å². The third kappa shape index (κ3) is 1.64. The van der Waals surface area contributed by atoms with Crippen molar-refractivity contribution >= 4 is 5.91 Å². The summed E-state index contributed by atoms with van der Waals surface area (Å²) in [5, 5.41) is 3.35. The SMILES string of the molecule is C[C@@H]1CNCCN1C1CCN(C)C1=O. The smallest absolute Gasteiger partial charge is 0.239 e. The monoisotopic (exact) mass is 197 g/mol. The number of nitrogens with one attached hydrogen (secondary N) is 1. The second-order valence-corrected chi connectivity index (χ2v) is 4.36. The van der Waals surface area contributed by atoms with Gasteiger partial charge in [-0.1, -0.05) is 0 Å². The molecule has 0 bridgehead atoms. The minimum Gasteiger partial charge on any atom is -0.344 e. The molecule has 80 valence electrons. The predicted molar refractivity (Wildman–Crippen MR) is 55.1 cm³/mol. The molecule has 0 aromatic heterocycles. The van der Waals surface area contributed by atoms with Crippen molar-refractivity contribution in [3.63, 3.8) is 0 Å². The lowest BCUT2D eigenvalue weighted by Gasteiger charge is -2.37. The highest BCUT2D eigenvalue weighted by molar-refractivity contribution is 5.83. The summed E-state index contributed by atoms with van der Waals surface area (Å²) in [5.41, 5.74) is 0. The number of hydrogen-bond acceptors (Lipinski definition) is 3. The summed E-state index contributed by atoms with van der Waals surface area (Å²) in [5.74, 6) is 0.304. The number of carbonyl (C=O) groups excluding carboxylic acids is 1. The second kappa shape index (κ2) is 3.87. The fraction of sp³-hybridized carbons (Fsp3) is 0.900. The minimum atomic E-state index is 0.150. The molecule has 0 spiro atoms. The molecule has 0 aromatic rings. The van der Waals surface area contributed by atoms with Gasteiger partial charge in [-0.15, -0.1) is 0 Å². The molecule has 0 aliphatic carbocycles. The number of rotatable bonds is 1. The van der Waals surface area contributed by atoms with Crippen molar-refractivity contribution < 1.29 is 4.79 Å². The van der Waals surface area contributed by atoms with Gasteiger partial charge in [0.1, 0.15) is 0 Å². The van der Waals surface area contributed by atoms with Crippen LogP contribution >= 0.6 is 0 Å². The Morgan fingerprint density at radius 1 is 1.43 bits per heavy atom. The molecule has 1 N–H and O–H groups in total. The van der Waals surface area contributed by atoms with Crippen LogP contribution in [0.4, 0.5) is 0 Å². The van der Waals surface area contributed by atoms with Gasteiger partial charge >= 0.3 is 0 Å². The molecule has 2 fully saturated rings. The van der Waals surface area contributed by atoms with E-state index in [9.17, 15) is 4.79 Å². The Morgan fingerprint density at radius 3 is 2.79 bits per heavy atom. The third-order valence-corrected chi connectivity index (χ3v) is 3.35. The van der Waals surface area contributed by atoms with Crippen LogP contribution in [-0.4, -0.2) is 61.0 Å². The van der Waals surface area contributed by atoms with E-state index < -0.39 is 0 Å². The van der Waals surface area contributed by atoms with Crippen LogP contribution in [0.5, 0.6) is 0 Å². The Hall–Kier alpha value is -0.610. The quantitative estimate of drug-likeness (QED) is 0.616. The lowest BCUT2D eigenvalue weighted by atomic mass is 10.1. The van der Waals surface area contributed by atoms with E-state index in [1.807, 2.05) is 11.9 Å². The summed E-state index contributed by atoms with van der Waals surface area (Å²) in [6.45, 7) is 6.13. The van der Waals surface area contributed by atoms with Crippen LogP contribution in [-0.2, 0) is 4.79 Å². The highest BCUT2D eigenvalue weighted by Gasteiger charge is 2.36. The van der Waals surface area contributed by atoms with E-state index in [2.05, 4.69) is 17.1 Å². The van der Waals surface area contributed by atoms with Gasteiger partial charge in [-0.25, -0.2) is 0 Å². The first-order chi connectivity index (χ1) is 6.70. The average Bonchev–Trinajstić information content (AvgIpc) is 2.49. The fourth-order valence-electron chi connectivity index (χ4n) is 2.43. The molecule has 2 heterocycles. The molecule has 2 rings (SSSR count). The van der Waals surface area contributed by atoms with E-state index >= 15 is 0 Å². The third-order valence-electron chi connectivity index (χ3n) is 3.35. The van der Waals surface area contributed by atoms with E-state index in [4.69, 9.17) is 0 Å². The Morgan fingerprint density at radius 2 is 2.21 bits per heavy atom. The fourth-order valence-corrected chi connectivity index (χ4v) is 2.43. The van der Waals surface area contributed by atoms with Gasteiger partial charge in [0, 0.05) is 39.3 Å². The normalized spacial score (nSPS) is 35.3. The van der Waals surface area contributed by atoms with Crippen molar-refractivity contribution in [2.75, 3.05) is 33.2 Å². The van der Waals surface area contributed by atoms with Crippen LogP contribution in [0.3, 0.4) is 0 Å². The van der Waals surface area contributed by atoms with Gasteiger partial charge in [-0.05, 0) is 13.3 Å². The molecule has 2 aliphatic rings. The van der Waals surface area contributed by atoms with Gasteiger partial charge in [0.15, 0.2) is 0 Å². The maximum absolute atomic E-state index is 11.8. The van der Waals surface area contributed by atoms with Crippen molar-refractivity contribution in [3.05, 3.63) is 0 Å². The molecule has 0 aromatic carbocycles. The molecule has 1 amide bonds. The first kappa shape index (κ1) is 9.93. The van der Waals surface area contributed by atoms with Gasteiger partial charge in [0.25, 0.3) is 0 Å². The maximum Gasteiger partial charge on any atom is 0.239 e. The van der Waals surface area contributed by atoms with Crippen LogP contribution in [0.25, 0.3) is 0 Å². The van der Waals surface area contributed by atoms with Crippen molar-refractivity contribution in [2.45, 2.75) is 25.4 Å². The van der Waals surface area contributed by atoms with Crippen LogP contribution < -0.4 is 5.32 Å². The first-order valence-corrected chi connectivity index (χ1v) is 5.41. The zero-order valence-electron chi connectivity index (χ0n) is 8.99. The number of likely N-dealkylation sites (tertiary alicyclic amines) is 1. The molecular weight excluding hydrogens is 178 g/mol. The summed E-state index contributed by atoms with van der Waals surface area (Å²) in [6, 6.07) is 0.640. The predicted octanol–water partition coefficient (Wildman–Crippen LogP) is -0.489. The van der Waals surface area contributed by atoms with Gasteiger partial charge < -0.3 is 10.2 Å². The summed E-state index contributed by atoms with van der Waals surface area (Å²) in [7, 11) is 1.90. The van der Waals surface area contributed by atoms with Crippen LogP contribution in [0.2, 0.25) is 0 Å². The maximum atomic E-state index is 11.8. The molecular formula is C10H19N3O. The Bertz CT molecular complexity index is 231. The standard InChI is InChI=1S/C10H19N3O/c1-8-7-11-4-6-13(8)9-3-5-12(2)10(9)14/h8-9,11H,3-7H2,1-2H3/t8-,9?/m1/s1. The van der Waals surface area contributed by atoms with Gasteiger partial charge in [0.2, 0.25) is 5.91 Å². The van der Waals surface area contributed by atoms with Gasteiger partial charge in [-0.3, -0.25) is 9.69 Å². The summed E-state index contributed by atoms with van der Waals surface area (Å²) >= 11 is 0. The summed E-state index contributed by atoms with van der Waals surface area (Å²) < 4.78 is 0. The Balaban J connectivity index is 2.03. The Labute approximate surface area is 85.2 Å². The van der Waals surface area contributed by atoms with Crippen molar-refractivity contribution in [1.29, 1.82) is 0 Å². The molecule has 14 heavy (non-hydrogen) atoms. The Kier molecular flexibility index (Phi) is 2.74. The number of carbonyl (C=O) groups is 1. The molecule has 0 radical (unpaired) electrons. The van der Waals surface area contributed by atoms with E-state index in [1.165, 1.54) is 0 Å². The molecule has 4 heteroatoms. The van der Waals surface area contributed by atoms with Crippen LogP contribution in [0.1, 0.15) is 13.3 Å². The number of piperazine rings is 1. The van der Waals surface area contributed by atoms with Gasteiger partial charge in [-0.2, -0.15) is 0 Å². The molecule has 0 saturated carbocycles. The molecule has 2 saturated heterocycles. The number of likely N-dealkylation sites (N-methyl/N-ethyl adjacent to an activating group) is 1. The molecule has 4 nitrogen and oxygen atoms in total. The average molecular weight is 197 g/mol. The zero-order valence-corrected chi connectivity index (χ0v) is 8.99. The van der Waals surface area contributed by atoms with Crippen LogP contribution in [0, 0.1) is 0 Å². The van der Waals surface area contributed by atoms with E-state index in [-0.39, 0.29) is 6.04 Å². The highest BCUT2D eigenvalue weighted by atomic mass is 16.2. The number of hydrogen-bond donors (Lipinski definition) is 1. The van der Waals surface area contributed by atoms with E-state index in [1.54, 1.807) is 0 Å².